The van der Waals surface area contributed by atoms with Crippen molar-refractivity contribution in [3.63, 3.8) is 0 Å². The molecule has 0 aromatic carbocycles. The summed E-state index contributed by atoms with van der Waals surface area (Å²) in [5, 5.41) is -0.668. The second-order valence-corrected chi connectivity index (χ2v) is 4.21. The highest BCUT2D eigenvalue weighted by Crippen LogP contribution is 2.43. The zero-order valence-electron chi connectivity index (χ0n) is 5.60. The third kappa shape index (κ3) is 3.68. The molecule has 0 heterocycles. The van der Waals surface area contributed by atoms with Crippen molar-refractivity contribution in [3.8, 4) is 0 Å². The lowest BCUT2D eigenvalue weighted by atomic mass is 10.7. The SMILES string of the molecule is NC(=O)NC(=O)[C@@H](Cl)P(=O)(O)O. The standard InChI is InChI=1S/C3H6ClN2O5P/c4-1(12(9,10)11)2(7)6-3(5)8/h1H,(H2,9,10,11)(H3,5,6,7,8)/t1-/m0/s1. The molecule has 0 rings (SSSR count). The molecule has 0 aliphatic heterocycles. The summed E-state index contributed by atoms with van der Waals surface area (Å²) in [6.07, 6.45) is 0. The maximum atomic E-state index is 10.6. The van der Waals surface area contributed by atoms with Gasteiger partial charge in [0.1, 0.15) is 0 Å². The summed E-state index contributed by atoms with van der Waals surface area (Å²) in [5.74, 6) is -1.32. The smallest absolute Gasteiger partial charge is 0.351 e. The molecular weight excluding hydrogens is 210 g/mol. The first-order valence-electron chi connectivity index (χ1n) is 2.54. The molecule has 0 aliphatic carbocycles. The van der Waals surface area contributed by atoms with E-state index in [1.54, 1.807) is 0 Å². The molecule has 0 unspecified atom stereocenters. The van der Waals surface area contributed by atoms with Crippen molar-refractivity contribution in [2.45, 2.75) is 5.12 Å². The van der Waals surface area contributed by atoms with Gasteiger partial charge in [0.15, 0.2) is 0 Å². The molecule has 0 bridgehead atoms. The van der Waals surface area contributed by atoms with E-state index in [2.05, 4.69) is 5.73 Å². The Bertz CT molecular complexity index is 249. The van der Waals surface area contributed by atoms with Gasteiger partial charge in [-0.15, -0.1) is 0 Å². The lowest BCUT2D eigenvalue weighted by Gasteiger charge is -2.08. The first kappa shape index (κ1) is 11.4. The van der Waals surface area contributed by atoms with Crippen LogP contribution in [0.2, 0.25) is 0 Å². The number of hydrogen-bond donors (Lipinski definition) is 4. The molecular formula is C3H6ClN2O5P. The summed E-state index contributed by atoms with van der Waals surface area (Å²) >= 11 is 4.97. The van der Waals surface area contributed by atoms with Gasteiger partial charge in [-0.25, -0.2) is 4.79 Å². The molecule has 0 aliphatic rings. The third-order valence-electron chi connectivity index (χ3n) is 0.758. The van der Waals surface area contributed by atoms with Crippen LogP contribution in [0.15, 0.2) is 0 Å². The molecule has 0 aromatic rings. The maximum Gasteiger partial charge on any atom is 0.352 e. The number of imide groups is 1. The molecule has 0 fully saturated rings. The number of carbonyl (C=O) groups excluding carboxylic acids is 2. The van der Waals surface area contributed by atoms with E-state index in [1.165, 1.54) is 5.32 Å². The van der Waals surface area contributed by atoms with Crippen LogP contribution in [0.4, 0.5) is 4.79 Å². The van der Waals surface area contributed by atoms with Gasteiger partial charge in [-0.2, -0.15) is 0 Å². The molecule has 0 radical (unpaired) electrons. The van der Waals surface area contributed by atoms with E-state index >= 15 is 0 Å². The van der Waals surface area contributed by atoms with Crippen LogP contribution in [-0.4, -0.2) is 26.8 Å². The number of primary amides is 1. The minimum atomic E-state index is -4.72. The van der Waals surface area contributed by atoms with E-state index in [-0.39, 0.29) is 0 Å². The Hall–Kier alpha value is -0.620. The van der Waals surface area contributed by atoms with Crippen molar-refractivity contribution in [3.05, 3.63) is 0 Å². The zero-order chi connectivity index (χ0) is 9.94. The van der Waals surface area contributed by atoms with Gasteiger partial charge in [0.05, 0.1) is 0 Å². The van der Waals surface area contributed by atoms with Gasteiger partial charge >= 0.3 is 13.6 Å². The van der Waals surface area contributed by atoms with Gasteiger partial charge < -0.3 is 15.5 Å². The lowest BCUT2D eigenvalue weighted by Crippen LogP contribution is -2.39. The Morgan fingerprint density at radius 3 is 2.17 bits per heavy atom. The minimum absolute atomic E-state index is 1.22. The van der Waals surface area contributed by atoms with Gasteiger partial charge in [-0.05, 0) is 0 Å². The van der Waals surface area contributed by atoms with Gasteiger partial charge in [0, 0.05) is 0 Å². The fraction of sp³-hybridized carbons (Fsp3) is 0.333. The molecule has 0 aromatic heterocycles. The average Bonchev–Trinajstić information content (AvgIpc) is 1.82. The summed E-state index contributed by atoms with van der Waals surface area (Å²) in [5.41, 5.74) is 4.49. The number of amides is 3. The summed E-state index contributed by atoms with van der Waals surface area (Å²) in [6.45, 7) is 0. The van der Waals surface area contributed by atoms with Crippen molar-refractivity contribution < 1.29 is 23.9 Å². The number of hydrogen-bond acceptors (Lipinski definition) is 3. The van der Waals surface area contributed by atoms with E-state index in [1.807, 2.05) is 0 Å². The Labute approximate surface area is 72.0 Å². The van der Waals surface area contributed by atoms with E-state index in [0.717, 1.165) is 0 Å². The predicted molar refractivity (Wildman–Crippen MR) is 39.4 cm³/mol. The molecule has 0 saturated carbocycles. The van der Waals surface area contributed by atoms with E-state index < -0.39 is 24.7 Å². The molecule has 9 heteroatoms. The van der Waals surface area contributed by atoms with Crippen LogP contribution in [0, 0.1) is 0 Å². The van der Waals surface area contributed by atoms with Crippen LogP contribution in [0.3, 0.4) is 0 Å². The monoisotopic (exact) mass is 216 g/mol. The quantitative estimate of drug-likeness (QED) is 0.345. The average molecular weight is 217 g/mol. The fourth-order valence-corrected chi connectivity index (χ4v) is 0.758. The number of carbonyl (C=O) groups is 2. The maximum absolute atomic E-state index is 10.6. The highest BCUT2D eigenvalue weighted by Gasteiger charge is 2.34. The van der Waals surface area contributed by atoms with Gasteiger partial charge in [-0.1, -0.05) is 11.6 Å². The van der Waals surface area contributed by atoms with Crippen LogP contribution < -0.4 is 11.1 Å². The number of urea groups is 1. The van der Waals surface area contributed by atoms with Gasteiger partial charge in [0.25, 0.3) is 5.91 Å². The highest BCUT2D eigenvalue weighted by molar-refractivity contribution is 7.55. The number of alkyl halides is 1. The number of nitrogens with two attached hydrogens (primary N) is 1. The minimum Gasteiger partial charge on any atom is -0.351 e. The Balaban J connectivity index is 4.31. The summed E-state index contributed by atoms with van der Waals surface area (Å²) in [4.78, 5) is 37.3. The molecule has 12 heavy (non-hydrogen) atoms. The Morgan fingerprint density at radius 1 is 1.50 bits per heavy atom. The van der Waals surface area contributed by atoms with Crippen LogP contribution in [0.1, 0.15) is 0 Å². The molecule has 5 N–H and O–H groups in total. The van der Waals surface area contributed by atoms with Crippen LogP contribution in [0.25, 0.3) is 0 Å². The van der Waals surface area contributed by atoms with Crippen molar-refractivity contribution in [2.75, 3.05) is 0 Å². The van der Waals surface area contributed by atoms with Crippen molar-refractivity contribution >= 4 is 31.1 Å². The van der Waals surface area contributed by atoms with Crippen molar-refractivity contribution in [1.29, 1.82) is 0 Å². The Morgan fingerprint density at radius 2 is 1.92 bits per heavy atom. The molecule has 0 saturated heterocycles. The topological polar surface area (TPSA) is 130 Å². The molecule has 70 valence electrons. The van der Waals surface area contributed by atoms with Gasteiger partial charge in [-0.3, -0.25) is 14.7 Å². The van der Waals surface area contributed by atoms with Crippen LogP contribution in [-0.2, 0) is 9.36 Å². The third-order valence-corrected chi connectivity index (χ3v) is 2.54. The van der Waals surface area contributed by atoms with E-state index in [4.69, 9.17) is 21.4 Å². The van der Waals surface area contributed by atoms with Crippen molar-refractivity contribution in [1.82, 2.24) is 5.32 Å². The number of rotatable bonds is 2. The second kappa shape index (κ2) is 3.86. The zero-order valence-corrected chi connectivity index (χ0v) is 7.25. The van der Waals surface area contributed by atoms with Gasteiger partial charge in [0.2, 0.25) is 5.12 Å². The van der Waals surface area contributed by atoms with E-state index in [0.29, 0.717) is 0 Å². The number of nitrogens with one attached hydrogen (secondary N) is 1. The number of halogens is 1. The summed E-state index contributed by atoms with van der Waals surface area (Å²) in [7, 11) is -4.72. The first-order chi connectivity index (χ1) is 5.25. The molecule has 7 nitrogen and oxygen atoms in total. The molecule has 0 spiro atoms. The van der Waals surface area contributed by atoms with Crippen molar-refractivity contribution in [2.24, 2.45) is 5.73 Å². The van der Waals surface area contributed by atoms with E-state index in [9.17, 15) is 14.2 Å². The first-order valence-corrected chi connectivity index (χ1v) is 4.66. The fourth-order valence-electron chi connectivity index (χ4n) is 0.334. The van der Waals surface area contributed by atoms with Crippen LogP contribution >= 0.6 is 19.2 Å². The largest absolute Gasteiger partial charge is 0.352 e. The summed E-state index contributed by atoms with van der Waals surface area (Å²) < 4.78 is 10.3. The molecule has 1 atom stereocenters. The Kier molecular flexibility index (Phi) is 3.66. The lowest BCUT2D eigenvalue weighted by molar-refractivity contribution is -0.118. The normalized spacial score (nSPS) is 13.6. The van der Waals surface area contributed by atoms with Crippen LogP contribution in [0.5, 0.6) is 0 Å². The second-order valence-electron chi connectivity index (χ2n) is 1.78. The highest BCUT2D eigenvalue weighted by atomic mass is 35.5. The summed E-state index contributed by atoms with van der Waals surface area (Å²) in [6, 6.07) is -1.22. The molecule has 3 amide bonds. The predicted octanol–water partition coefficient (Wildman–Crippen LogP) is -1.08.